The summed E-state index contributed by atoms with van der Waals surface area (Å²) >= 11 is 1.26. The topological polar surface area (TPSA) is 43.4 Å². The molecule has 2 unspecified atom stereocenters. The molecule has 1 aliphatic rings. The number of methoxy groups -OCH3 is 1. The Balaban J connectivity index is 2.31. The molecule has 18 heavy (non-hydrogen) atoms. The van der Waals surface area contributed by atoms with Crippen LogP contribution in [0.2, 0.25) is 0 Å². The molecule has 0 aromatic heterocycles. The Labute approximate surface area is 113 Å². The minimum atomic E-state index is -0.251. The first-order valence-electron chi connectivity index (χ1n) is 6.43. The number of carbonyl (C=O) groups excluding carboxylic acids is 2. The first kappa shape index (κ1) is 15.3. The predicted octanol–water partition coefficient (Wildman–Crippen LogP) is 3.19. The summed E-state index contributed by atoms with van der Waals surface area (Å²) in [4.78, 5) is 22.9. The van der Waals surface area contributed by atoms with E-state index < -0.39 is 0 Å². The van der Waals surface area contributed by atoms with Gasteiger partial charge in [-0.2, -0.15) is 0 Å². The Hall–Kier alpha value is -0.770. The Morgan fingerprint density at radius 1 is 1.56 bits per heavy atom. The molecule has 102 valence electrons. The van der Waals surface area contributed by atoms with Crippen LogP contribution in [-0.4, -0.2) is 23.9 Å². The van der Waals surface area contributed by atoms with Gasteiger partial charge in [0.2, 0.25) is 0 Å². The van der Waals surface area contributed by atoms with Crippen LogP contribution in [0.3, 0.4) is 0 Å². The van der Waals surface area contributed by atoms with Gasteiger partial charge in [-0.25, -0.2) is 0 Å². The molecule has 0 fully saturated rings. The maximum Gasteiger partial charge on any atom is 0.306 e. The minimum Gasteiger partial charge on any atom is -0.469 e. The van der Waals surface area contributed by atoms with E-state index in [-0.39, 0.29) is 17.0 Å². The molecule has 0 saturated carbocycles. The van der Waals surface area contributed by atoms with Crippen molar-refractivity contribution in [1.82, 2.24) is 0 Å². The fourth-order valence-electron chi connectivity index (χ4n) is 2.10. The maximum absolute atomic E-state index is 12.0. The molecule has 0 heterocycles. The van der Waals surface area contributed by atoms with Crippen molar-refractivity contribution in [3.63, 3.8) is 0 Å². The van der Waals surface area contributed by atoms with Crippen molar-refractivity contribution < 1.29 is 14.3 Å². The molecule has 0 aromatic carbocycles. The zero-order valence-electron chi connectivity index (χ0n) is 11.4. The Morgan fingerprint density at radius 2 is 2.28 bits per heavy atom. The average Bonchev–Trinajstić information content (AvgIpc) is 2.38. The highest BCUT2D eigenvalue weighted by Gasteiger charge is 2.25. The van der Waals surface area contributed by atoms with E-state index in [0.717, 1.165) is 19.3 Å². The molecule has 0 saturated heterocycles. The van der Waals surface area contributed by atoms with Crippen LogP contribution in [0.1, 0.15) is 39.5 Å². The van der Waals surface area contributed by atoms with E-state index in [2.05, 4.69) is 17.7 Å². The Morgan fingerprint density at radius 3 is 2.83 bits per heavy atom. The predicted molar refractivity (Wildman–Crippen MR) is 74.4 cm³/mol. The highest BCUT2D eigenvalue weighted by Crippen LogP contribution is 2.31. The number of thioether (sulfide) groups is 1. The van der Waals surface area contributed by atoms with E-state index >= 15 is 0 Å². The van der Waals surface area contributed by atoms with Crippen molar-refractivity contribution in [3.8, 4) is 0 Å². The highest BCUT2D eigenvalue weighted by molar-refractivity contribution is 8.13. The molecule has 1 rings (SSSR count). The van der Waals surface area contributed by atoms with Crippen LogP contribution in [0.4, 0.5) is 0 Å². The third-order valence-electron chi connectivity index (χ3n) is 3.54. The van der Waals surface area contributed by atoms with Gasteiger partial charge >= 0.3 is 5.97 Å². The molecule has 0 radical (unpaired) electrons. The quantitative estimate of drug-likeness (QED) is 0.568. The second-order valence-corrected chi connectivity index (χ2v) is 5.97. The monoisotopic (exact) mass is 270 g/mol. The van der Waals surface area contributed by atoms with Gasteiger partial charge in [0.05, 0.1) is 13.5 Å². The molecule has 4 heteroatoms. The summed E-state index contributed by atoms with van der Waals surface area (Å²) in [6.45, 7) is 4.15. The summed E-state index contributed by atoms with van der Waals surface area (Å²) in [6.07, 6.45) is 5.78. The molecule has 0 N–H and O–H groups in total. The lowest BCUT2D eigenvalue weighted by Crippen LogP contribution is -2.21. The Bertz CT molecular complexity index is 336. The second kappa shape index (κ2) is 7.62. The van der Waals surface area contributed by atoms with Crippen molar-refractivity contribution in [1.29, 1.82) is 0 Å². The van der Waals surface area contributed by atoms with E-state index in [9.17, 15) is 9.59 Å². The normalized spacial score (nSPS) is 21.1. The lowest BCUT2D eigenvalue weighted by molar-refractivity contribution is -0.140. The van der Waals surface area contributed by atoms with Gasteiger partial charge in [0.1, 0.15) is 0 Å². The van der Waals surface area contributed by atoms with E-state index in [4.69, 9.17) is 0 Å². The standard InChI is InChI=1S/C14H22O3S/c1-10-4-6-12(7-5-10)11(2)14(16)18-9-8-13(15)17-3/h4,11-12H,5-9H2,1-3H3. The van der Waals surface area contributed by atoms with Gasteiger partial charge in [-0.05, 0) is 32.1 Å². The lowest BCUT2D eigenvalue weighted by atomic mass is 9.82. The number of hydrogen-bond acceptors (Lipinski definition) is 4. The first-order chi connectivity index (χ1) is 8.54. The van der Waals surface area contributed by atoms with Gasteiger partial charge in [0, 0.05) is 11.7 Å². The van der Waals surface area contributed by atoms with Crippen molar-refractivity contribution in [2.75, 3.05) is 12.9 Å². The van der Waals surface area contributed by atoms with Gasteiger partial charge in [-0.15, -0.1) is 0 Å². The third-order valence-corrected chi connectivity index (χ3v) is 4.60. The van der Waals surface area contributed by atoms with Crippen LogP contribution in [-0.2, 0) is 14.3 Å². The second-order valence-electron chi connectivity index (χ2n) is 4.87. The molecule has 3 nitrogen and oxygen atoms in total. The van der Waals surface area contributed by atoms with E-state index in [1.54, 1.807) is 0 Å². The fraction of sp³-hybridized carbons (Fsp3) is 0.714. The summed E-state index contributed by atoms with van der Waals surface area (Å²) in [5.74, 6) is 0.820. The summed E-state index contributed by atoms with van der Waals surface area (Å²) in [6, 6.07) is 0. The molecule has 1 aliphatic carbocycles. The van der Waals surface area contributed by atoms with Crippen LogP contribution in [0.25, 0.3) is 0 Å². The number of esters is 1. The lowest BCUT2D eigenvalue weighted by Gasteiger charge is -2.25. The van der Waals surface area contributed by atoms with Crippen LogP contribution < -0.4 is 0 Å². The number of ether oxygens (including phenoxy) is 1. The first-order valence-corrected chi connectivity index (χ1v) is 7.42. The van der Waals surface area contributed by atoms with Crippen LogP contribution >= 0.6 is 11.8 Å². The zero-order valence-corrected chi connectivity index (χ0v) is 12.2. The molecule has 0 bridgehead atoms. The molecule has 0 aromatic rings. The van der Waals surface area contributed by atoms with Crippen molar-refractivity contribution in [3.05, 3.63) is 11.6 Å². The number of carbonyl (C=O) groups is 2. The average molecular weight is 270 g/mol. The van der Waals surface area contributed by atoms with E-state index in [1.165, 1.54) is 24.4 Å². The number of hydrogen-bond donors (Lipinski definition) is 0. The van der Waals surface area contributed by atoms with Gasteiger partial charge in [0.15, 0.2) is 5.12 Å². The molecular weight excluding hydrogens is 248 g/mol. The van der Waals surface area contributed by atoms with Gasteiger partial charge in [-0.1, -0.05) is 30.3 Å². The van der Waals surface area contributed by atoms with Gasteiger partial charge in [-0.3, -0.25) is 9.59 Å². The van der Waals surface area contributed by atoms with Crippen LogP contribution in [0.5, 0.6) is 0 Å². The smallest absolute Gasteiger partial charge is 0.306 e. The van der Waals surface area contributed by atoms with Gasteiger partial charge < -0.3 is 4.74 Å². The molecule has 2 atom stereocenters. The zero-order chi connectivity index (χ0) is 13.5. The SMILES string of the molecule is COC(=O)CCSC(=O)C(C)C1CC=C(C)CC1. The summed E-state index contributed by atoms with van der Waals surface area (Å²) < 4.78 is 4.55. The minimum absolute atomic E-state index is 0.0806. The third kappa shape index (κ3) is 4.84. The van der Waals surface area contributed by atoms with Gasteiger partial charge in [0.25, 0.3) is 0 Å². The molecule has 0 spiro atoms. The summed E-state index contributed by atoms with van der Waals surface area (Å²) in [5, 5.41) is 0.205. The van der Waals surface area contributed by atoms with Crippen molar-refractivity contribution in [2.45, 2.75) is 39.5 Å². The van der Waals surface area contributed by atoms with E-state index in [1.807, 2.05) is 6.92 Å². The number of allylic oxidation sites excluding steroid dienone is 2. The highest BCUT2D eigenvalue weighted by atomic mass is 32.2. The van der Waals surface area contributed by atoms with Crippen LogP contribution in [0.15, 0.2) is 11.6 Å². The van der Waals surface area contributed by atoms with Crippen LogP contribution in [0, 0.1) is 11.8 Å². The maximum atomic E-state index is 12.0. The molecule has 0 aliphatic heterocycles. The molecule has 0 amide bonds. The van der Waals surface area contributed by atoms with E-state index in [0.29, 0.717) is 18.1 Å². The van der Waals surface area contributed by atoms with Crippen molar-refractivity contribution >= 4 is 22.8 Å². The molecular formula is C14H22O3S. The summed E-state index contributed by atoms with van der Waals surface area (Å²) in [7, 11) is 1.37. The fourth-order valence-corrected chi connectivity index (χ4v) is 3.03. The van der Waals surface area contributed by atoms with Crippen molar-refractivity contribution in [2.24, 2.45) is 11.8 Å². The summed E-state index contributed by atoms with van der Waals surface area (Å²) in [5.41, 5.74) is 1.43. The Kier molecular flexibility index (Phi) is 6.47. The largest absolute Gasteiger partial charge is 0.469 e. The number of rotatable bonds is 5.